The molecule has 1 saturated carbocycles. The zero-order chi connectivity index (χ0) is 14.0. The Balaban J connectivity index is 2.09. The Morgan fingerprint density at radius 2 is 1.63 bits per heavy atom. The molecule has 3 nitrogen and oxygen atoms in total. The summed E-state index contributed by atoms with van der Waals surface area (Å²) in [6.45, 7) is 0. The summed E-state index contributed by atoms with van der Waals surface area (Å²) in [5.74, 6) is -3.51. The fraction of sp³-hybridized carbons (Fsp3) is 0.429. The first kappa shape index (κ1) is 13.6. The van der Waals surface area contributed by atoms with Gasteiger partial charge in [-0.05, 0) is 43.9 Å². The number of ketones is 1. The van der Waals surface area contributed by atoms with E-state index in [-0.39, 0.29) is 5.56 Å². The second-order valence-corrected chi connectivity index (χ2v) is 4.88. The SMILES string of the molecule is O=C(O)[C@H]1CC[C@H](C(=O)c2cc(F)ccc2F)CC1. The van der Waals surface area contributed by atoms with Crippen molar-refractivity contribution in [3.63, 3.8) is 0 Å². The second-order valence-electron chi connectivity index (χ2n) is 4.88. The van der Waals surface area contributed by atoms with Gasteiger partial charge < -0.3 is 5.11 Å². The molecule has 0 bridgehead atoms. The average molecular weight is 268 g/mol. The molecule has 1 N–H and O–H groups in total. The van der Waals surface area contributed by atoms with Crippen molar-refractivity contribution in [2.24, 2.45) is 11.8 Å². The number of carbonyl (C=O) groups excluding carboxylic acids is 1. The van der Waals surface area contributed by atoms with Gasteiger partial charge in [-0.25, -0.2) is 8.78 Å². The van der Waals surface area contributed by atoms with Crippen molar-refractivity contribution in [2.75, 3.05) is 0 Å². The Bertz CT molecular complexity index is 505. The highest BCUT2D eigenvalue weighted by atomic mass is 19.1. The van der Waals surface area contributed by atoms with E-state index in [0.29, 0.717) is 25.7 Å². The number of halogens is 2. The van der Waals surface area contributed by atoms with E-state index < -0.39 is 35.2 Å². The molecule has 102 valence electrons. The fourth-order valence-corrected chi connectivity index (χ4v) is 2.51. The Morgan fingerprint density at radius 3 is 2.21 bits per heavy atom. The van der Waals surface area contributed by atoms with E-state index in [0.717, 1.165) is 18.2 Å². The Kier molecular flexibility index (Phi) is 3.93. The summed E-state index contributed by atoms with van der Waals surface area (Å²) in [6, 6.07) is 2.81. The van der Waals surface area contributed by atoms with Crippen LogP contribution in [-0.4, -0.2) is 16.9 Å². The number of aliphatic carboxylic acids is 1. The standard InChI is InChI=1S/C14H14F2O3/c15-10-5-6-12(16)11(7-10)13(17)8-1-3-9(4-2-8)14(18)19/h5-9H,1-4H2,(H,18,19)/t8-,9-. The van der Waals surface area contributed by atoms with E-state index in [9.17, 15) is 18.4 Å². The predicted octanol–water partition coefficient (Wildman–Crippen LogP) is 3.04. The van der Waals surface area contributed by atoms with E-state index in [1.807, 2.05) is 0 Å². The van der Waals surface area contributed by atoms with Crippen LogP contribution in [-0.2, 0) is 4.79 Å². The zero-order valence-corrected chi connectivity index (χ0v) is 10.2. The lowest BCUT2D eigenvalue weighted by Gasteiger charge is -2.25. The van der Waals surface area contributed by atoms with Crippen molar-refractivity contribution in [1.29, 1.82) is 0 Å². The van der Waals surface area contributed by atoms with Crippen LogP contribution in [0.15, 0.2) is 18.2 Å². The largest absolute Gasteiger partial charge is 0.481 e. The summed E-state index contributed by atoms with van der Waals surface area (Å²) in [5.41, 5.74) is -0.237. The van der Waals surface area contributed by atoms with Crippen LogP contribution in [0.25, 0.3) is 0 Å². The van der Waals surface area contributed by atoms with Crippen LogP contribution in [0.1, 0.15) is 36.0 Å². The van der Waals surface area contributed by atoms with Gasteiger partial charge >= 0.3 is 5.97 Å². The Hall–Kier alpha value is -1.78. The maximum Gasteiger partial charge on any atom is 0.306 e. The number of benzene rings is 1. The minimum Gasteiger partial charge on any atom is -0.481 e. The predicted molar refractivity (Wildman–Crippen MR) is 63.8 cm³/mol. The van der Waals surface area contributed by atoms with Gasteiger partial charge in [-0.2, -0.15) is 0 Å². The van der Waals surface area contributed by atoms with E-state index in [1.165, 1.54) is 0 Å². The first-order chi connectivity index (χ1) is 8.99. The molecule has 1 aromatic rings. The van der Waals surface area contributed by atoms with Crippen LogP contribution in [0.4, 0.5) is 8.78 Å². The normalized spacial score (nSPS) is 23.1. The molecule has 1 aromatic carbocycles. The average Bonchev–Trinajstić information content (AvgIpc) is 2.41. The number of hydrogen-bond donors (Lipinski definition) is 1. The molecule has 0 aromatic heterocycles. The number of carboxylic acid groups (broad SMARTS) is 1. The fourth-order valence-electron chi connectivity index (χ4n) is 2.51. The molecule has 1 fully saturated rings. The lowest BCUT2D eigenvalue weighted by atomic mass is 9.78. The van der Waals surface area contributed by atoms with Gasteiger partial charge in [0.1, 0.15) is 11.6 Å². The quantitative estimate of drug-likeness (QED) is 0.857. The van der Waals surface area contributed by atoms with Gasteiger partial charge in [0.05, 0.1) is 11.5 Å². The van der Waals surface area contributed by atoms with Crippen molar-refractivity contribution < 1.29 is 23.5 Å². The highest BCUT2D eigenvalue weighted by molar-refractivity contribution is 5.98. The van der Waals surface area contributed by atoms with Crippen LogP contribution >= 0.6 is 0 Å². The van der Waals surface area contributed by atoms with Gasteiger partial charge in [-0.15, -0.1) is 0 Å². The highest BCUT2D eigenvalue weighted by Crippen LogP contribution is 2.31. The topological polar surface area (TPSA) is 54.4 Å². The minimum absolute atomic E-state index is 0.237. The number of rotatable bonds is 3. The maximum atomic E-state index is 13.5. The van der Waals surface area contributed by atoms with Crippen LogP contribution < -0.4 is 0 Å². The molecule has 1 aliphatic carbocycles. The summed E-state index contributed by atoms with van der Waals surface area (Å²) in [4.78, 5) is 22.9. The van der Waals surface area contributed by atoms with Crippen LogP contribution in [0.3, 0.4) is 0 Å². The van der Waals surface area contributed by atoms with Gasteiger partial charge in [0.15, 0.2) is 5.78 Å². The molecule has 2 rings (SSSR count). The summed E-state index contributed by atoms with van der Waals surface area (Å²) >= 11 is 0. The summed E-state index contributed by atoms with van der Waals surface area (Å²) in [5, 5.41) is 8.87. The number of carbonyl (C=O) groups is 2. The van der Waals surface area contributed by atoms with Gasteiger partial charge in [-0.1, -0.05) is 0 Å². The molecule has 0 heterocycles. The molecule has 5 heteroatoms. The van der Waals surface area contributed by atoms with Crippen molar-refractivity contribution in [2.45, 2.75) is 25.7 Å². The third-order valence-corrected chi connectivity index (χ3v) is 3.64. The van der Waals surface area contributed by atoms with E-state index in [4.69, 9.17) is 5.11 Å². The third-order valence-electron chi connectivity index (χ3n) is 3.64. The van der Waals surface area contributed by atoms with Gasteiger partial charge in [-0.3, -0.25) is 9.59 Å². The van der Waals surface area contributed by atoms with Crippen LogP contribution in [0.2, 0.25) is 0 Å². The molecule has 0 amide bonds. The molecule has 0 spiro atoms. The number of carboxylic acids is 1. The third kappa shape index (κ3) is 2.97. The second kappa shape index (κ2) is 5.47. The molecule has 0 radical (unpaired) electrons. The maximum absolute atomic E-state index is 13.5. The minimum atomic E-state index is -0.858. The molecule has 1 aliphatic rings. The summed E-state index contributed by atoms with van der Waals surface area (Å²) in [6.07, 6.45) is 1.63. The summed E-state index contributed by atoms with van der Waals surface area (Å²) < 4.78 is 26.5. The zero-order valence-electron chi connectivity index (χ0n) is 10.2. The van der Waals surface area contributed by atoms with Crippen molar-refractivity contribution in [3.05, 3.63) is 35.4 Å². The molecule has 0 saturated heterocycles. The molecule has 0 atom stereocenters. The van der Waals surface area contributed by atoms with Gasteiger partial charge in [0.25, 0.3) is 0 Å². The first-order valence-corrected chi connectivity index (χ1v) is 6.21. The summed E-state index contributed by atoms with van der Waals surface area (Å²) in [7, 11) is 0. The Labute approximate surface area is 109 Å². The van der Waals surface area contributed by atoms with Crippen molar-refractivity contribution >= 4 is 11.8 Å². The van der Waals surface area contributed by atoms with Crippen molar-refractivity contribution in [1.82, 2.24) is 0 Å². The first-order valence-electron chi connectivity index (χ1n) is 6.21. The smallest absolute Gasteiger partial charge is 0.306 e. The number of hydrogen-bond acceptors (Lipinski definition) is 2. The van der Waals surface area contributed by atoms with Crippen LogP contribution in [0, 0.1) is 23.5 Å². The Morgan fingerprint density at radius 1 is 1.05 bits per heavy atom. The lowest BCUT2D eigenvalue weighted by molar-refractivity contribution is -0.143. The van der Waals surface area contributed by atoms with Crippen molar-refractivity contribution in [3.8, 4) is 0 Å². The molecule has 0 unspecified atom stereocenters. The molecular formula is C14H14F2O3. The number of Topliss-reactive ketones (excluding diaryl/α,β-unsaturated/α-hetero) is 1. The lowest BCUT2D eigenvalue weighted by Crippen LogP contribution is -2.26. The highest BCUT2D eigenvalue weighted by Gasteiger charge is 2.31. The van der Waals surface area contributed by atoms with E-state index in [2.05, 4.69) is 0 Å². The molecular weight excluding hydrogens is 254 g/mol. The van der Waals surface area contributed by atoms with E-state index in [1.54, 1.807) is 0 Å². The van der Waals surface area contributed by atoms with Gasteiger partial charge in [0, 0.05) is 5.92 Å². The molecule has 0 aliphatic heterocycles. The molecule has 19 heavy (non-hydrogen) atoms. The van der Waals surface area contributed by atoms with Gasteiger partial charge in [0.2, 0.25) is 0 Å². The monoisotopic (exact) mass is 268 g/mol. The van der Waals surface area contributed by atoms with E-state index >= 15 is 0 Å². The van der Waals surface area contributed by atoms with Crippen LogP contribution in [0.5, 0.6) is 0 Å².